The fraction of sp³-hybridized carbons (Fsp3) is 0.500. The predicted molar refractivity (Wildman–Crippen MR) is 67.8 cm³/mol. The molecule has 1 unspecified atom stereocenters. The minimum Gasteiger partial charge on any atom is -0.337 e. The lowest BCUT2D eigenvalue weighted by Gasteiger charge is -2.14. The van der Waals surface area contributed by atoms with Gasteiger partial charge in [0.1, 0.15) is 6.04 Å². The summed E-state index contributed by atoms with van der Waals surface area (Å²) in [6.45, 7) is 6.42. The topological polar surface area (TPSA) is 64.9 Å². The lowest BCUT2D eigenvalue weighted by atomic mass is 9.92. The van der Waals surface area contributed by atoms with E-state index in [1.54, 1.807) is 11.3 Å². The Kier molecular flexibility index (Phi) is 3.31. The molecule has 0 bridgehead atoms. The Labute approximate surface area is 105 Å². The molecule has 4 nitrogen and oxygen atoms in total. The van der Waals surface area contributed by atoms with Crippen molar-refractivity contribution in [1.82, 2.24) is 10.1 Å². The van der Waals surface area contributed by atoms with Gasteiger partial charge >= 0.3 is 0 Å². The molecule has 92 valence electrons. The lowest BCUT2D eigenvalue weighted by Crippen LogP contribution is -2.12. The second-order valence-electron chi connectivity index (χ2n) is 5.28. The first kappa shape index (κ1) is 12.3. The van der Waals surface area contributed by atoms with Gasteiger partial charge in [-0.2, -0.15) is 4.98 Å². The van der Waals surface area contributed by atoms with Crippen LogP contribution in [0.5, 0.6) is 0 Å². The number of rotatable bonds is 3. The van der Waals surface area contributed by atoms with Crippen LogP contribution in [0.25, 0.3) is 0 Å². The van der Waals surface area contributed by atoms with Gasteiger partial charge < -0.3 is 10.3 Å². The Bertz CT molecular complexity index is 470. The zero-order valence-corrected chi connectivity index (χ0v) is 11.1. The summed E-state index contributed by atoms with van der Waals surface area (Å²) in [7, 11) is 0. The molecule has 0 radical (unpaired) electrons. The quantitative estimate of drug-likeness (QED) is 0.911. The van der Waals surface area contributed by atoms with E-state index in [1.807, 2.05) is 17.5 Å². The van der Waals surface area contributed by atoms with Crippen LogP contribution >= 0.6 is 11.3 Å². The van der Waals surface area contributed by atoms with Crippen LogP contribution in [0.15, 0.2) is 22.0 Å². The SMILES string of the molecule is CC(C)(C)Cc1noc(C(N)c2cccs2)n1. The molecule has 2 N–H and O–H groups in total. The molecule has 0 aliphatic carbocycles. The predicted octanol–water partition coefficient (Wildman–Crippen LogP) is 2.77. The highest BCUT2D eigenvalue weighted by atomic mass is 32.1. The molecule has 0 fully saturated rings. The van der Waals surface area contributed by atoms with Crippen LogP contribution < -0.4 is 5.73 Å². The summed E-state index contributed by atoms with van der Waals surface area (Å²) in [4.78, 5) is 5.39. The molecular formula is C12H17N3OS. The van der Waals surface area contributed by atoms with Gasteiger partial charge in [-0.05, 0) is 16.9 Å². The third-order valence-electron chi connectivity index (χ3n) is 2.29. The largest absolute Gasteiger partial charge is 0.337 e. The number of nitrogens with zero attached hydrogens (tertiary/aromatic N) is 2. The maximum Gasteiger partial charge on any atom is 0.248 e. The van der Waals surface area contributed by atoms with Crippen LogP contribution in [0.2, 0.25) is 0 Å². The van der Waals surface area contributed by atoms with Crippen molar-refractivity contribution in [3.63, 3.8) is 0 Å². The number of thiophene rings is 1. The molecule has 2 heterocycles. The maximum absolute atomic E-state index is 6.05. The Balaban J connectivity index is 2.13. The summed E-state index contributed by atoms with van der Waals surface area (Å²) in [5.74, 6) is 1.21. The first-order valence-electron chi connectivity index (χ1n) is 5.57. The summed E-state index contributed by atoms with van der Waals surface area (Å²) in [6.07, 6.45) is 0.785. The number of hydrogen-bond acceptors (Lipinski definition) is 5. The van der Waals surface area contributed by atoms with Gasteiger partial charge in [-0.3, -0.25) is 0 Å². The van der Waals surface area contributed by atoms with E-state index in [1.165, 1.54) is 0 Å². The smallest absolute Gasteiger partial charge is 0.248 e. The van der Waals surface area contributed by atoms with E-state index >= 15 is 0 Å². The number of hydrogen-bond donors (Lipinski definition) is 1. The van der Waals surface area contributed by atoms with Crippen molar-refractivity contribution >= 4 is 11.3 Å². The fourth-order valence-electron chi connectivity index (χ4n) is 1.53. The highest BCUT2D eigenvalue weighted by Gasteiger charge is 2.20. The minimum absolute atomic E-state index is 0.147. The van der Waals surface area contributed by atoms with Gasteiger partial charge in [-0.1, -0.05) is 32.0 Å². The molecule has 0 aliphatic heterocycles. The van der Waals surface area contributed by atoms with E-state index in [0.717, 1.165) is 17.1 Å². The molecule has 0 amide bonds. The molecule has 0 aromatic carbocycles. The molecule has 2 aromatic heterocycles. The van der Waals surface area contributed by atoms with Crippen molar-refractivity contribution in [2.45, 2.75) is 33.2 Å². The second-order valence-corrected chi connectivity index (χ2v) is 6.26. The summed E-state index contributed by atoms with van der Waals surface area (Å²) in [5, 5.41) is 5.96. The van der Waals surface area contributed by atoms with Crippen LogP contribution in [0.4, 0.5) is 0 Å². The third-order valence-corrected chi connectivity index (χ3v) is 3.24. The van der Waals surface area contributed by atoms with Crippen molar-refractivity contribution < 1.29 is 4.52 Å². The van der Waals surface area contributed by atoms with Crippen LogP contribution in [0, 0.1) is 5.41 Å². The number of nitrogens with two attached hydrogens (primary N) is 1. The highest BCUT2D eigenvalue weighted by molar-refractivity contribution is 7.10. The van der Waals surface area contributed by atoms with Crippen molar-refractivity contribution in [1.29, 1.82) is 0 Å². The molecule has 0 spiro atoms. The van der Waals surface area contributed by atoms with Crippen LogP contribution in [-0.2, 0) is 6.42 Å². The van der Waals surface area contributed by atoms with Gasteiger partial charge in [-0.15, -0.1) is 11.3 Å². The van der Waals surface area contributed by atoms with Crippen LogP contribution in [0.3, 0.4) is 0 Å². The highest BCUT2D eigenvalue weighted by Crippen LogP contribution is 2.24. The minimum atomic E-state index is -0.309. The van der Waals surface area contributed by atoms with Crippen molar-refractivity contribution in [3.05, 3.63) is 34.1 Å². The first-order valence-corrected chi connectivity index (χ1v) is 6.45. The number of aromatic nitrogens is 2. The van der Waals surface area contributed by atoms with Crippen LogP contribution in [-0.4, -0.2) is 10.1 Å². The van der Waals surface area contributed by atoms with E-state index in [0.29, 0.717) is 5.89 Å². The summed E-state index contributed by atoms with van der Waals surface area (Å²) < 4.78 is 5.22. The molecular weight excluding hydrogens is 234 g/mol. The molecule has 0 aliphatic rings. The second kappa shape index (κ2) is 4.58. The Morgan fingerprint density at radius 2 is 2.24 bits per heavy atom. The van der Waals surface area contributed by atoms with E-state index < -0.39 is 0 Å². The van der Waals surface area contributed by atoms with E-state index in [-0.39, 0.29) is 11.5 Å². The van der Waals surface area contributed by atoms with Gasteiger partial charge in [0.05, 0.1) is 0 Å². The molecule has 5 heteroatoms. The van der Waals surface area contributed by atoms with E-state index in [4.69, 9.17) is 10.3 Å². The molecule has 2 aromatic rings. The summed E-state index contributed by atoms with van der Waals surface area (Å²) >= 11 is 1.60. The fourth-order valence-corrected chi connectivity index (χ4v) is 2.25. The molecule has 1 atom stereocenters. The Morgan fingerprint density at radius 3 is 2.82 bits per heavy atom. The van der Waals surface area contributed by atoms with Crippen molar-refractivity contribution in [3.8, 4) is 0 Å². The normalized spacial score (nSPS) is 13.9. The van der Waals surface area contributed by atoms with E-state index in [2.05, 4.69) is 30.9 Å². The van der Waals surface area contributed by atoms with Gasteiger partial charge in [0, 0.05) is 11.3 Å². The first-order chi connectivity index (χ1) is 7.96. The van der Waals surface area contributed by atoms with Crippen LogP contribution in [0.1, 0.15) is 43.4 Å². The van der Waals surface area contributed by atoms with Gasteiger partial charge in [0.15, 0.2) is 5.82 Å². The van der Waals surface area contributed by atoms with E-state index in [9.17, 15) is 0 Å². The summed E-state index contributed by atoms with van der Waals surface area (Å²) in [6, 6.07) is 3.63. The molecule has 0 saturated carbocycles. The average molecular weight is 251 g/mol. The summed E-state index contributed by atoms with van der Waals surface area (Å²) in [5.41, 5.74) is 6.20. The zero-order valence-electron chi connectivity index (χ0n) is 10.3. The lowest BCUT2D eigenvalue weighted by molar-refractivity contribution is 0.348. The van der Waals surface area contributed by atoms with Crippen molar-refractivity contribution in [2.24, 2.45) is 11.1 Å². The maximum atomic E-state index is 6.05. The molecule has 0 saturated heterocycles. The standard InChI is InChI=1S/C12H17N3OS/c1-12(2,3)7-9-14-11(16-15-9)10(13)8-5-4-6-17-8/h4-6,10H,7,13H2,1-3H3. The molecule has 2 rings (SSSR count). The zero-order chi connectivity index (χ0) is 12.5. The Morgan fingerprint density at radius 1 is 1.47 bits per heavy atom. The van der Waals surface area contributed by atoms with Gasteiger partial charge in [-0.25, -0.2) is 0 Å². The molecule has 17 heavy (non-hydrogen) atoms. The Hall–Kier alpha value is -1.20. The monoisotopic (exact) mass is 251 g/mol. The van der Waals surface area contributed by atoms with Crippen molar-refractivity contribution in [2.75, 3.05) is 0 Å². The van der Waals surface area contributed by atoms with Gasteiger partial charge in [0.25, 0.3) is 0 Å². The third kappa shape index (κ3) is 3.14. The average Bonchev–Trinajstić information content (AvgIpc) is 2.83. The van der Waals surface area contributed by atoms with Gasteiger partial charge in [0.2, 0.25) is 5.89 Å².